The van der Waals surface area contributed by atoms with Crippen molar-refractivity contribution >= 4 is 0 Å². The average Bonchev–Trinajstić information content (AvgIpc) is 2.89. The van der Waals surface area contributed by atoms with Crippen LogP contribution in [-0.2, 0) is 13.1 Å². The van der Waals surface area contributed by atoms with Gasteiger partial charge in [-0.05, 0) is 19.1 Å². The third-order valence-corrected chi connectivity index (χ3v) is 2.65. The molecule has 0 fully saturated rings. The molecule has 2 rings (SSSR count). The highest BCUT2D eigenvalue weighted by molar-refractivity contribution is 5.39. The van der Waals surface area contributed by atoms with Crippen LogP contribution < -0.4 is 15.2 Å². The van der Waals surface area contributed by atoms with Crippen molar-refractivity contribution in [2.24, 2.45) is 5.73 Å². The number of imidazole rings is 1. The van der Waals surface area contributed by atoms with Gasteiger partial charge in [0.2, 0.25) is 0 Å². The summed E-state index contributed by atoms with van der Waals surface area (Å²) in [5, 5.41) is 0. The molecule has 0 aliphatic rings. The van der Waals surface area contributed by atoms with Crippen LogP contribution >= 0.6 is 0 Å². The van der Waals surface area contributed by atoms with E-state index in [-0.39, 0.29) is 0 Å². The Morgan fingerprint density at radius 2 is 1.95 bits per heavy atom. The fraction of sp³-hybridized carbons (Fsp3) is 0.357. The molecule has 0 bridgehead atoms. The van der Waals surface area contributed by atoms with E-state index in [2.05, 4.69) is 4.98 Å². The zero-order chi connectivity index (χ0) is 13.5. The van der Waals surface area contributed by atoms with Gasteiger partial charge >= 0.3 is 0 Å². The lowest BCUT2D eigenvalue weighted by atomic mass is 10.3. The fourth-order valence-corrected chi connectivity index (χ4v) is 1.74. The molecule has 1 heterocycles. The Morgan fingerprint density at radius 1 is 1.21 bits per heavy atom. The van der Waals surface area contributed by atoms with Crippen molar-refractivity contribution in [3.05, 3.63) is 42.5 Å². The van der Waals surface area contributed by atoms with Gasteiger partial charge in [-0.15, -0.1) is 0 Å². The molecule has 102 valence electrons. The van der Waals surface area contributed by atoms with Crippen LogP contribution in [0.15, 0.2) is 36.8 Å². The van der Waals surface area contributed by atoms with Crippen molar-refractivity contribution in [1.82, 2.24) is 9.55 Å². The second-order valence-corrected chi connectivity index (χ2v) is 4.04. The molecule has 0 aliphatic heterocycles. The first-order valence-electron chi connectivity index (χ1n) is 6.38. The second-order valence-electron chi connectivity index (χ2n) is 4.04. The van der Waals surface area contributed by atoms with E-state index in [1.54, 1.807) is 6.33 Å². The first-order valence-corrected chi connectivity index (χ1v) is 6.38. The van der Waals surface area contributed by atoms with Gasteiger partial charge in [0.25, 0.3) is 0 Å². The van der Waals surface area contributed by atoms with Gasteiger partial charge in [-0.25, -0.2) is 4.98 Å². The fourth-order valence-electron chi connectivity index (χ4n) is 1.74. The van der Waals surface area contributed by atoms with Crippen LogP contribution in [0.25, 0.3) is 0 Å². The molecule has 0 amide bonds. The van der Waals surface area contributed by atoms with Crippen LogP contribution in [-0.4, -0.2) is 22.8 Å². The highest BCUT2D eigenvalue weighted by Crippen LogP contribution is 2.26. The molecule has 19 heavy (non-hydrogen) atoms. The number of rotatable bonds is 7. The summed E-state index contributed by atoms with van der Waals surface area (Å²) in [6, 6.07) is 7.68. The predicted molar refractivity (Wildman–Crippen MR) is 73.2 cm³/mol. The van der Waals surface area contributed by atoms with Crippen molar-refractivity contribution in [1.29, 1.82) is 0 Å². The molecule has 5 nitrogen and oxygen atoms in total. The number of nitrogens with zero attached hydrogens (tertiary/aromatic N) is 2. The molecule has 1 aromatic heterocycles. The number of ether oxygens (including phenoxy) is 2. The minimum Gasteiger partial charge on any atom is -0.490 e. The number of benzene rings is 1. The van der Waals surface area contributed by atoms with Gasteiger partial charge in [-0.2, -0.15) is 0 Å². The van der Waals surface area contributed by atoms with Crippen molar-refractivity contribution in [2.45, 2.75) is 20.0 Å². The van der Waals surface area contributed by atoms with Gasteiger partial charge in [0.15, 0.2) is 11.5 Å². The van der Waals surface area contributed by atoms with E-state index in [0.29, 0.717) is 19.8 Å². The van der Waals surface area contributed by atoms with Gasteiger partial charge in [0.1, 0.15) is 6.61 Å². The Kier molecular flexibility index (Phi) is 4.80. The number of hydrogen-bond donors (Lipinski definition) is 1. The van der Waals surface area contributed by atoms with Crippen molar-refractivity contribution in [3.63, 3.8) is 0 Å². The lowest BCUT2D eigenvalue weighted by Gasteiger charge is -2.11. The molecule has 2 aromatic rings. The van der Waals surface area contributed by atoms with Gasteiger partial charge in [0.05, 0.1) is 25.2 Å². The highest BCUT2D eigenvalue weighted by atomic mass is 16.5. The molecule has 0 spiro atoms. The van der Waals surface area contributed by atoms with E-state index in [1.165, 1.54) is 0 Å². The third-order valence-electron chi connectivity index (χ3n) is 2.65. The number of aromatic nitrogens is 2. The standard InChI is InChI=1S/C14H19N3O2/c1-2-18-13-5-3-4-6-14(13)19-8-7-17-10-12(9-15)16-11-17/h3-6,10-11H,2,7-9,15H2,1H3. The molecule has 1 aromatic carbocycles. The third kappa shape index (κ3) is 3.72. The van der Waals surface area contributed by atoms with Crippen LogP contribution in [0.4, 0.5) is 0 Å². The van der Waals surface area contributed by atoms with Gasteiger partial charge in [-0.1, -0.05) is 12.1 Å². The SMILES string of the molecule is CCOc1ccccc1OCCn1cnc(CN)c1. The molecule has 2 N–H and O–H groups in total. The Bertz CT molecular complexity index is 511. The summed E-state index contributed by atoms with van der Waals surface area (Å²) < 4.78 is 13.2. The zero-order valence-corrected chi connectivity index (χ0v) is 11.1. The molecule has 0 saturated heterocycles. The largest absolute Gasteiger partial charge is 0.490 e. The summed E-state index contributed by atoms with van der Waals surface area (Å²) in [6.45, 7) is 4.33. The van der Waals surface area contributed by atoms with E-state index in [0.717, 1.165) is 23.7 Å². The summed E-state index contributed by atoms with van der Waals surface area (Å²) in [5.74, 6) is 1.54. The Morgan fingerprint density at radius 3 is 2.58 bits per heavy atom. The predicted octanol–water partition coefficient (Wildman–Crippen LogP) is 1.82. The van der Waals surface area contributed by atoms with E-state index in [4.69, 9.17) is 15.2 Å². The zero-order valence-electron chi connectivity index (χ0n) is 11.1. The van der Waals surface area contributed by atoms with E-state index < -0.39 is 0 Å². The van der Waals surface area contributed by atoms with Gasteiger partial charge in [0, 0.05) is 12.7 Å². The van der Waals surface area contributed by atoms with Crippen LogP contribution in [0.2, 0.25) is 0 Å². The van der Waals surface area contributed by atoms with Crippen LogP contribution in [0.3, 0.4) is 0 Å². The van der Waals surface area contributed by atoms with Gasteiger partial charge in [-0.3, -0.25) is 0 Å². The minimum atomic E-state index is 0.459. The summed E-state index contributed by atoms with van der Waals surface area (Å²) >= 11 is 0. The number of para-hydroxylation sites is 2. The second kappa shape index (κ2) is 6.80. The maximum Gasteiger partial charge on any atom is 0.161 e. The van der Waals surface area contributed by atoms with Crippen molar-refractivity contribution in [2.75, 3.05) is 13.2 Å². The van der Waals surface area contributed by atoms with Gasteiger partial charge < -0.3 is 19.8 Å². The normalized spacial score (nSPS) is 10.4. The van der Waals surface area contributed by atoms with E-state index in [9.17, 15) is 0 Å². The molecular formula is C14H19N3O2. The van der Waals surface area contributed by atoms with Crippen LogP contribution in [0, 0.1) is 0 Å². The maximum atomic E-state index is 5.73. The van der Waals surface area contributed by atoms with Crippen LogP contribution in [0.1, 0.15) is 12.6 Å². The first kappa shape index (κ1) is 13.4. The summed E-state index contributed by atoms with van der Waals surface area (Å²) in [6.07, 6.45) is 3.69. The summed E-state index contributed by atoms with van der Waals surface area (Å²) in [4.78, 5) is 4.17. The quantitative estimate of drug-likeness (QED) is 0.825. The highest BCUT2D eigenvalue weighted by Gasteiger charge is 2.03. The number of hydrogen-bond acceptors (Lipinski definition) is 4. The van der Waals surface area contributed by atoms with E-state index in [1.807, 2.05) is 42.0 Å². The average molecular weight is 261 g/mol. The summed E-state index contributed by atoms with van der Waals surface area (Å²) in [5.41, 5.74) is 6.40. The lowest BCUT2D eigenvalue weighted by Crippen LogP contribution is -2.07. The molecule has 0 aliphatic carbocycles. The minimum absolute atomic E-state index is 0.459. The smallest absolute Gasteiger partial charge is 0.161 e. The van der Waals surface area contributed by atoms with Crippen LogP contribution in [0.5, 0.6) is 11.5 Å². The first-order chi connectivity index (χ1) is 9.33. The Balaban J connectivity index is 1.88. The molecule has 0 atom stereocenters. The molecule has 5 heteroatoms. The maximum absolute atomic E-state index is 5.73. The molecular weight excluding hydrogens is 242 g/mol. The number of nitrogens with two attached hydrogens (primary N) is 1. The summed E-state index contributed by atoms with van der Waals surface area (Å²) in [7, 11) is 0. The lowest BCUT2D eigenvalue weighted by molar-refractivity contribution is 0.266. The monoisotopic (exact) mass is 261 g/mol. The topological polar surface area (TPSA) is 62.3 Å². The van der Waals surface area contributed by atoms with Crippen molar-refractivity contribution in [3.8, 4) is 11.5 Å². The Hall–Kier alpha value is -2.01. The molecule has 0 saturated carbocycles. The Labute approximate surface area is 113 Å². The van der Waals surface area contributed by atoms with E-state index >= 15 is 0 Å². The van der Waals surface area contributed by atoms with Crippen molar-refractivity contribution < 1.29 is 9.47 Å². The molecule has 0 unspecified atom stereocenters. The molecule has 0 radical (unpaired) electrons.